The summed E-state index contributed by atoms with van der Waals surface area (Å²) in [6.07, 6.45) is 7.15. The molecule has 1 spiro atoms. The Morgan fingerprint density at radius 1 is 1.29 bits per heavy atom. The standard InChI is InChI=1S/C21H20FN5O/c22-15-4-3-13-2-1-7-23-20(28)16-12-24-27-9-6-18(25-19(16)27)26-8-5-14-11-21(14,26)17(13)10-15/h3-4,6,9-10,12,14H,1-2,5,7-8,11H2,(H,23,28)/t14-,21+/m0/s1. The monoisotopic (exact) mass is 377 g/mol. The minimum Gasteiger partial charge on any atom is -0.352 e. The van der Waals surface area contributed by atoms with Gasteiger partial charge in [-0.15, -0.1) is 0 Å². The van der Waals surface area contributed by atoms with E-state index in [9.17, 15) is 9.18 Å². The van der Waals surface area contributed by atoms with Gasteiger partial charge in [-0.05, 0) is 60.9 Å². The van der Waals surface area contributed by atoms with Gasteiger partial charge in [0.25, 0.3) is 5.91 Å². The number of hydrogen-bond acceptors (Lipinski definition) is 4. The number of benzene rings is 1. The van der Waals surface area contributed by atoms with Gasteiger partial charge in [-0.2, -0.15) is 5.10 Å². The Balaban J connectivity index is 1.57. The SMILES string of the molecule is O=C1NCCCc2ccc(F)cc2[C@@]23C[C@@H]2CCN3c2ccn3ncc1c3n2. The van der Waals surface area contributed by atoms with E-state index in [0.717, 1.165) is 43.6 Å². The lowest BCUT2D eigenvalue weighted by atomic mass is 9.93. The van der Waals surface area contributed by atoms with Gasteiger partial charge in [0.2, 0.25) is 0 Å². The van der Waals surface area contributed by atoms with Crippen molar-refractivity contribution in [2.75, 3.05) is 18.0 Å². The zero-order chi connectivity index (χ0) is 18.9. The van der Waals surface area contributed by atoms with E-state index < -0.39 is 0 Å². The first-order chi connectivity index (χ1) is 13.7. The molecule has 2 aliphatic heterocycles. The highest BCUT2D eigenvalue weighted by molar-refractivity contribution is 5.99. The molecule has 2 atom stereocenters. The Morgan fingerprint density at radius 2 is 2.21 bits per heavy atom. The van der Waals surface area contributed by atoms with Crippen LogP contribution in [0, 0.1) is 11.7 Å². The van der Waals surface area contributed by atoms with Crippen LogP contribution in [0.1, 0.15) is 40.7 Å². The molecular formula is C21H20FN5O. The summed E-state index contributed by atoms with van der Waals surface area (Å²) in [6, 6.07) is 7.13. The van der Waals surface area contributed by atoms with E-state index in [4.69, 9.17) is 4.98 Å². The van der Waals surface area contributed by atoms with E-state index in [-0.39, 0.29) is 17.3 Å². The topological polar surface area (TPSA) is 62.5 Å². The van der Waals surface area contributed by atoms with Crippen LogP contribution in [0.3, 0.4) is 0 Å². The molecule has 6 rings (SSSR count). The Labute approximate surface area is 161 Å². The van der Waals surface area contributed by atoms with Crippen molar-refractivity contribution in [2.45, 2.75) is 31.2 Å². The van der Waals surface area contributed by atoms with Crippen molar-refractivity contribution in [3.05, 3.63) is 59.2 Å². The minimum atomic E-state index is -0.190. The second-order valence-electron chi connectivity index (χ2n) is 8.04. The average molecular weight is 377 g/mol. The second kappa shape index (κ2) is 5.53. The lowest BCUT2D eigenvalue weighted by molar-refractivity contribution is 0.0954. The van der Waals surface area contributed by atoms with Crippen LogP contribution in [-0.2, 0) is 12.0 Å². The predicted octanol–water partition coefficient (Wildman–Crippen LogP) is 2.67. The van der Waals surface area contributed by atoms with Crippen LogP contribution >= 0.6 is 0 Å². The Kier molecular flexibility index (Phi) is 3.17. The molecule has 2 bridgehead atoms. The van der Waals surface area contributed by atoms with Gasteiger partial charge in [0, 0.05) is 19.3 Å². The highest BCUT2D eigenvalue weighted by atomic mass is 19.1. The van der Waals surface area contributed by atoms with Crippen molar-refractivity contribution >= 4 is 17.4 Å². The molecule has 3 aromatic rings. The number of amides is 1. The van der Waals surface area contributed by atoms with Crippen LogP contribution in [0.5, 0.6) is 0 Å². The first kappa shape index (κ1) is 16.0. The van der Waals surface area contributed by atoms with Crippen LogP contribution in [0.4, 0.5) is 10.2 Å². The number of anilines is 1. The molecule has 28 heavy (non-hydrogen) atoms. The molecule has 0 radical (unpaired) electrons. The number of fused-ring (bicyclic) bond motifs is 3. The number of halogens is 1. The van der Waals surface area contributed by atoms with Crippen LogP contribution in [0.15, 0.2) is 36.7 Å². The normalized spacial score (nSPS) is 26.0. The maximum atomic E-state index is 14.2. The third kappa shape index (κ3) is 2.10. The summed E-state index contributed by atoms with van der Waals surface area (Å²) in [7, 11) is 0. The van der Waals surface area contributed by atoms with Gasteiger partial charge in [0.05, 0.1) is 11.7 Å². The summed E-state index contributed by atoms with van der Waals surface area (Å²) in [5.41, 5.74) is 3.15. The van der Waals surface area contributed by atoms with Gasteiger partial charge in [-0.1, -0.05) is 6.07 Å². The fourth-order valence-corrected chi connectivity index (χ4v) is 5.18. The fraction of sp³-hybridized carbons (Fsp3) is 0.381. The van der Waals surface area contributed by atoms with Crippen molar-refractivity contribution in [3.63, 3.8) is 0 Å². The lowest BCUT2D eigenvalue weighted by Crippen LogP contribution is -2.34. The van der Waals surface area contributed by atoms with E-state index in [0.29, 0.717) is 23.7 Å². The number of piperidine rings is 1. The largest absolute Gasteiger partial charge is 0.352 e. The average Bonchev–Trinajstić information content (AvgIpc) is 3.08. The summed E-state index contributed by atoms with van der Waals surface area (Å²) in [5.74, 6) is 1.01. The number of nitrogens with one attached hydrogen (secondary N) is 1. The van der Waals surface area contributed by atoms with Crippen molar-refractivity contribution < 1.29 is 9.18 Å². The van der Waals surface area contributed by atoms with Gasteiger partial charge >= 0.3 is 0 Å². The van der Waals surface area contributed by atoms with Crippen LogP contribution < -0.4 is 10.2 Å². The van der Waals surface area contributed by atoms with E-state index in [1.807, 2.05) is 18.3 Å². The molecule has 3 aliphatic rings. The van der Waals surface area contributed by atoms with Crippen LogP contribution in [-0.4, -0.2) is 33.6 Å². The van der Waals surface area contributed by atoms with E-state index in [2.05, 4.69) is 15.3 Å². The summed E-state index contributed by atoms with van der Waals surface area (Å²) in [4.78, 5) is 19.8. The molecule has 1 N–H and O–H groups in total. The van der Waals surface area contributed by atoms with Gasteiger partial charge in [-0.3, -0.25) is 4.79 Å². The molecule has 2 aromatic heterocycles. The third-order valence-electron chi connectivity index (χ3n) is 6.58. The maximum absolute atomic E-state index is 14.2. The summed E-state index contributed by atoms with van der Waals surface area (Å²) < 4.78 is 15.9. The molecule has 1 amide bonds. The number of rotatable bonds is 0. The zero-order valence-electron chi connectivity index (χ0n) is 15.4. The van der Waals surface area contributed by atoms with E-state index in [1.165, 1.54) is 5.56 Å². The van der Waals surface area contributed by atoms with Crippen LogP contribution in [0.2, 0.25) is 0 Å². The lowest BCUT2D eigenvalue weighted by Gasteiger charge is -2.31. The van der Waals surface area contributed by atoms with E-state index in [1.54, 1.807) is 22.8 Å². The second-order valence-corrected chi connectivity index (χ2v) is 8.04. The van der Waals surface area contributed by atoms with E-state index >= 15 is 0 Å². The number of nitrogens with zero attached hydrogens (tertiary/aromatic N) is 4. The molecule has 6 nitrogen and oxygen atoms in total. The molecular weight excluding hydrogens is 357 g/mol. The van der Waals surface area contributed by atoms with Crippen molar-refractivity contribution in [3.8, 4) is 0 Å². The van der Waals surface area contributed by atoms with Crippen LogP contribution in [0.25, 0.3) is 5.65 Å². The molecule has 1 aromatic carbocycles. The van der Waals surface area contributed by atoms with Gasteiger partial charge in [0.15, 0.2) is 5.65 Å². The fourth-order valence-electron chi connectivity index (χ4n) is 5.18. The number of carbonyl (C=O) groups is 1. The minimum absolute atomic E-state index is 0.154. The number of hydrogen-bond donors (Lipinski definition) is 1. The molecule has 1 aliphatic carbocycles. The molecule has 1 saturated carbocycles. The number of aromatic nitrogens is 3. The summed E-state index contributed by atoms with van der Waals surface area (Å²) >= 11 is 0. The predicted molar refractivity (Wildman–Crippen MR) is 102 cm³/mol. The highest BCUT2D eigenvalue weighted by Gasteiger charge is 2.64. The zero-order valence-corrected chi connectivity index (χ0v) is 15.4. The number of aryl methyl sites for hydroxylation is 1. The highest BCUT2D eigenvalue weighted by Crippen LogP contribution is 2.64. The first-order valence-corrected chi connectivity index (χ1v) is 9.86. The Morgan fingerprint density at radius 3 is 3.11 bits per heavy atom. The molecule has 1 saturated heterocycles. The molecule has 142 valence electrons. The molecule has 7 heteroatoms. The summed E-state index contributed by atoms with van der Waals surface area (Å²) in [6.45, 7) is 1.45. The van der Waals surface area contributed by atoms with Crippen molar-refractivity contribution in [1.82, 2.24) is 19.9 Å². The maximum Gasteiger partial charge on any atom is 0.256 e. The molecule has 4 heterocycles. The first-order valence-electron chi connectivity index (χ1n) is 9.86. The summed E-state index contributed by atoms with van der Waals surface area (Å²) in [5, 5.41) is 7.24. The van der Waals surface area contributed by atoms with Gasteiger partial charge in [0.1, 0.15) is 17.2 Å². The quantitative estimate of drug-likeness (QED) is 0.654. The Hall–Kier alpha value is -2.96. The smallest absolute Gasteiger partial charge is 0.256 e. The van der Waals surface area contributed by atoms with Gasteiger partial charge < -0.3 is 10.2 Å². The Bertz CT molecular complexity index is 1130. The van der Waals surface area contributed by atoms with Crippen molar-refractivity contribution in [2.24, 2.45) is 5.92 Å². The van der Waals surface area contributed by atoms with Gasteiger partial charge in [-0.25, -0.2) is 13.9 Å². The third-order valence-corrected chi connectivity index (χ3v) is 6.58. The molecule has 0 unspecified atom stereocenters. The molecule has 2 fully saturated rings. The van der Waals surface area contributed by atoms with Crippen molar-refractivity contribution in [1.29, 1.82) is 0 Å². The number of carbonyl (C=O) groups excluding carboxylic acids is 1.